The molecule has 17 heavy (non-hydrogen) atoms. The van der Waals surface area contributed by atoms with Crippen molar-refractivity contribution >= 4 is 29.9 Å². The second kappa shape index (κ2) is 8.33. The second-order valence-corrected chi connectivity index (χ2v) is 4.08. The Morgan fingerprint density at radius 2 is 2.06 bits per heavy atom. The van der Waals surface area contributed by atoms with Crippen LogP contribution in [0.2, 0.25) is 0 Å². The van der Waals surface area contributed by atoms with Crippen LogP contribution < -0.4 is 11.1 Å². The molecule has 1 unspecified atom stereocenters. The van der Waals surface area contributed by atoms with Crippen LogP contribution in [0.3, 0.4) is 0 Å². The summed E-state index contributed by atoms with van der Waals surface area (Å²) in [6, 6.07) is 8.60. The smallest absolute Gasteiger partial charge is 0.189 e. The first-order valence-corrected chi connectivity index (χ1v) is 5.74. The maximum absolute atomic E-state index is 5.79. The van der Waals surface area contributed by atoms with E-state index in [2.05, 4.69) is 43.2 Å². The molecular weight excluding hydrogens is 325 g/mol. The van der Waals surface area contributed by atoms with Crippen LogP contribution in [0.5, 0.6) is 0 Å². The summed E-state index contributed by atoms with van der Waals surface area (Å²) in [4.78, 5) is 4.33. The van der Waals surface area contributed by atoms with Gasteiger partial charge in [-0.25, -0.2) is 4.99 Å². The van der Waals surface area contributed by atoms with Crippen LogP contribution in [0.25, 0.3) is 0 Å². The Balaban J connectivity index is 0.00000256. The van der Waals surface area contributed by atoms with Crippen molar-refractivity contribution in [2.45, 2.75) is 39.8 Å². The molecule has 3 N–H and O–H groups in total. The molecule has 0 amide bonds. The largest absolute Gasteiger partial charge is 0.370 e. The van der Waals surface area contributed by atoms with E-state index in [1.54, 1.807) is 0 Å². The lowest BCUT2D eigenvalue weighted by atomic mass is 10.1. The molecule has 1 aromatic rings. The lowest BCUT2D eigenvalue weighted by Gasteiger charge is -2.11. The van der Waals surface area contributed by atoms with Crippen LogP contribution in [0.1, 0.15) is 31.4 Å². The van der Waals surface area contributed by atoms with E-state index in [0.29, 0.717) is 18.5 Å². The second-order valence-electron chi connectivity index (χ2n) is 4.08. The number of nitrogens with two attached hydrogens (primary N) is 1. The van der Waals surface area contributed by atoms with Crippen LogP contribution in [0.4, 0.5) is 0 Å². The van der Waals surface area contributed by atoms with Gasteiger partial charge in [0.05, 0.1) is 6.54 Å². The van der Waals surface area contributed by atoms with E-state index in [9.17, 15) is 0 Å². The number of halogens is 1. The number of aliphatic imine (C=N–C) groups is 1. The van der Waals surface area contributed by atoms with E-state index in [1.807, 2.05) is 12.1 Å². The molecule has 1 aromatic carbocycles. The summed E-state index contributed by atoms with van der Waals surface area (Å²) in [6.45, 7) is 6.94. The quantitative estimate of drug-likeness (QED) is 0.500. The molecule has 0 aliphatic carbocycles. The van der Waals surface area contributed by atoms with Gasteiger partial charge in [0.15, 0.2) is 5.96 Å². The van der Waals surface area contributed by atoms with Gasteiger partial charge in [-0.05, 0) is 31.4 Å². The summed E-state index contributed by atoms with van der Waals surface area (Å²) < 4.78 is 0. The molecule has 3 nitrogen and oxygen atoms in total. The Morgan fingerprint density at radius 3 is 2.65 bits per heavy atom. The molecule has 0 heterocycles. The number of nitrogens with zero attached hydrogens (tertiary/aromatic N) is 1. The predicted octanol–water partition coefficient (Wildman–Crippen LogP) is 2.82. The van der Waals surface area contributed by atoms with Crippen LogP contribution >= 0.6 is 24.0 Å². The Labute approximate surface area is 121 Å². The van der Waals surface area contributed by atoms with Gasteiger partial charge in [-0.1, -0.05) is 31.2 Å². The molecule has 0 radical (unpaired) electrons. The lowest BCUT2D eigenvalue weighted by Crippen LogP contribution is -2.38. The minimum Gasteiger partial charge on any atom is -0.370 e. The molecule has 0 saturated heterocycles. The third-order valence-corrected chi connectivity index (χ3v) is 2.69. The zero-order valence-corrected chi connectivity index (χ0v) is 13.1. The normalized spacial score (nSPS) is 12.8. The first-order chi connectivity index (χ1) is 7.63. The highest BCUT2D eigenvalue weighted by Gasteiger charge is 1.99. The minimum atomic E-state index is 0. The molecule has 96 valence electrons. The molecule has 0 bridgehead atoms. The van der Waals surface area contributed by atoms with Gasteiger partial charge in [0.25, 0.3) is 0 Å². The van der Waals surface area contributed by atoms with Crippen molar-refractivity contribution in [3.05, 3.63) is 35.4 Å². The number of hydrogen-bond acceptors (Lipinski definition) is 1. The van der Waals surface area contributed by atoms with Crippen molar-refractivity contribution in [3.63, 3.8) is 0 Å². The summed E-state index contributed by atoms with van der Waals surface area (Å²) in [7, 11) is 0. The van der Waals surface area contributed by atoms with Gasteiger partial charge < -0.3 is 11.1 Å². The average molecular weight is 347 g/mol. The Hall–Kier alpha value is -0.780. The third kappa shape index (κ3) is 5.91. The predicted molar refractivity (Wildman–Crippen MR) is 84.8 cm³/mol. The number of benzene rings is 1. The maximum Gasteiger partial charge on any atom is 0.189 e. The summed E-state index contributed by atoms with van der Waals surface area (Å²) in [5.74, 6) is 0.526. The molecule has 4 heteroatoms. The third-order valence-electron chi connectivity index (χ3n) is 2.69. The Morgan fingerprint density at radius 1 is 1.41 bits per heavy atom. The standard InChI is InChI=1S/C13H21N3.HI/c1-4-11(3)16-13(14)15-9-12-8-6-5-7-10(12)2;/h5-8,11H,4,9H2,1-3H3,(H3,14,15,16);1H. The van der Waals surface area contributed by atoms with Gasteiger partial charge in [0, 0.05) is 6.04 Å². The van der Waals surface area contributed by atoms with Crippen molar-refractivity contribution in [2.24, 2.45) is 10.7 Å². The number of aryl methyl sites for hydroxylation is 1. The maximum atomic E-state index is 5.79. The van der Waals surface area contributed by atoms with Crippen molar-refractivity contribution in [3.8, 4) is 0 Å². The molecular formula is C13H22IN3. The van der Waals surface area contributed by atoms with Crippen molar-refractivity contribution in [2.75, 3.05) is 0 Å². The molecule has 0 aromatic heterocycles. The molecule has 0 fully saturated rings. The van der Waals surface area contributed by atoms with Gasteiger partial charge in [-0.3, -0.25) is 0 Å². The fourth-order valence-electron chi connectivity index (χ4n) is 1.36. The highest BCUT2D eigenvalue weighted by atomic mass is 127. The van der Waals surface area contributed by atoms with Crippen LogP contribution in [-0.2, 0) is 6.54 Å². The molecule has 0 aliphatic heterocycles. The molecule has 1 rings (SSSR count). The van der Waals surface area contributed by atoms with Gasteiger partial charge >= 0.3 is 0 Å². The van der Waals surface area contributed by atoms with E-state index >= 15 is 0 Å². The summed E-state index contributed by atoms with van der Waals surface area (Å²) in [5, 5.41) is 3.15. The number of rotatable bonds is 4. The number of guanidine groups is 1. The van der Waals surface area contributed by atoms with E-state index in [-0.39, 0.29) is 24.0 Å². The first kappa shape index (κ1) is 16.2. The monoisotopic (exact) mass is 347 g/mol. The van der Waals surface area contributed by atoms with Gasteiger partial charge in [-0.2, -0.15) is 0 Å². The van der Waals surface area contributed by atoms with Gasteiger partial charge in [0.2, 0.25) is 0 Å². The van der Waals surface area contributed by atoms with Crippen molar-refractivity contribution in [1.82, 2.24) is 5.32 Å². The SMILES string of the molecule is CCC(C)NC(N)=NCc1ccccc1C.I. The fraction of sp³-hybridized carbons (Fsp3) is 0.462. The lowest BCUT2D eigenvalue weighted by molar-refractivity contribution is 0.636. The molecule has 0 aliphatic rings. The number of nitrogens with one attached hydrogen (secondary N) is 1. The summed E-state index contributed by atoms with van der Waals surface area (Å²) >= 11 is 0. The van der Waals surface area contributed by atoms with Crippen LogP contribution in [0.15, 0.2) is 29.3 Å². The van der Waals surface area contributed by atoms with E-state index in [0.717, 1.165) is 6.42 Å². The Kier molecular flexibility index (Phi) is 7.95. The summed E-state index contributed by atoms with van der Waals surface area (Å²) in [5.41, 5.74) is 8.26. The van der Waals surface area contributed by atoms with Crippen LogP contribution in [0, 0.1) is 6.92 Å². The minimum absolute atomic E-state index is 0. The van der Waals surface area contributed by atoms with Crippen molar-refractivity contribution in [1.29, 1.82) is 0 Å². The average Bonchev–Trinajstić information content (AvgIpc) is 2.28. The zero-order valence-electron chi connectivity index (χ0n) is 10.7. The van der Waals surface area contributed by atoms with Crippen LogP contribution in [-0.4, -0.2) is 12.0 Å². The topological polar surface area (TPSA) is 50.4 Å². The summed E-state index contributed by atoms with van der Waals surface area (Å²) in [6.07, 6.45) is 1.04. The zero-order chi connectivity index (χ0) is 12.0. The first-order valence-electron chi connectivity index (χ1n) is 5.74. The molecule has 1 atom stereocenters. The highest BCUT2D eigenvalue weighted by Crippen LogP contribution is 2.07. The van der Waals surface area contributed by atoms with Gasteiger partial charge in [-0.15, -0.1) is 24.0 Å². The molecule has 0 spiro atoms. The fourth-order valence-corrected chi connectivity index (χ4v) is 1.36. The molecule has 0 saturated carbocycles. The Bertz CT molecular complexity index is 363. The van der Waals surface area contributed by atoms with E-state index in [1.165, 1.54) is 11.1 Å². The van der Waals surface area contributed by atoms with Crippen molar-refractivity contribution < 1.29 is 0 Å². The van der Waals surface area contributed by atoms with E-state index in [4.69, 9.17) is 5.73 Å². The van der Waals surface area contributed by atoms with Gasteiger partial charge in [0.1, 0.15) is 0 Å². The highest BCUT2D eigenvalue weighted by molar-refractivity contribution is 14.0. The number of hydrogen-bond donors (Lipinski definition) is 2. The van der Waals surface area contributed by atoms with E-state index < -0.39 is 0 Å².